The van der Waals surface area contributed by atoms with Gasteiger partial charge in [0.2, 0.25) is 0 Å². The van der Waals surface area contributed by atoms with Gasteiger partial charge in [0, 0.05) is 15.8 Å². The first-order valence-electron chi connectivity index (χ1n) is 3.66. The molecule has 12 heavy (non-hydrogen) atoms. The molecule has 1 aromatic heterocycles. The SMILES string of the molecule is O=C(Cl)c1csc2c1CCOC2. The van der Waals surface area contributed by atoms with Crippen LogP contribution in [0.4, 0.5) is 0 Å². The van der Waals surface area contributed by atoms with E-state index >= 15 is 0 Å². The van der Waals surface area contributed by atoms with Crippen LogP contribution in [0.5, 0.6) is 0 Å². The van der Waals surface area contributed by atoms with Crippen molar-refractivity contribution >= 4 is 28.2 Å². The Kier molecular flexibility index (Phi) is 2.17. The molecule has 4 heteroatoms. The summed E-state index contributed by atoms with van der Waals surface area (Å²) in [4.78, 5) is 12.1. The quantitative estimate of drug-likeness (QED) is 0.653. The Morgan fingerprint density at radius 2 is 2.50 bits per heavy atom. The number of fused-ring (bicyclic) bond motifs is 1. The number of halogens is 1. The molecular formula is C8H7ClO2S. The van der Waals surface area contributed by atoms with E-state index in [4.69, 9.17) is 16.3 Å². The van der Waals surface area contributed by atoms with Gasteiger partial charge in [0.1, 0.15) is 0 Å². The molecule has 0 atom stereocenters. The molecule has 0 saturated carbocycles. The van der Waals surface area contributed by atoms with Crippen LogP contribution in [0.25, 0.3) is 0 Å². The normalized spacial score (nSPS) is 15.8. The smallest absolute Gasteiger partial charge is 0.253 e. The Hall–Kier alpha value is -0.380. The molecule has 1 aliphatic heterocycles. The van der Waals surface area contributed by atoms with Crippen molar-refractivity contribution in [3.63, 3.8) is 0 Å². The largest absolute Gasteiger partial charge is 0.376 e. The molecule has 2 nitrogen and oxygen atoms in total. The van der Waals surface area contributed by atoms with Crippen LogP contribution >= 0.6 is 22.9 Å². The van der Waals surface area contributed by atoms with E-state index in [0.717, 1.165) is 16.9 Å². The highest BCUT2D eigenvalue weighted by molar-refractivity contribution is 7.10. The van der Waals surface area contributed by atoms with Crippen molar-refractivity contribution in [3.05, 3.63) is 21.4 Å². The summed E-state index contributed by atoms with van der Waals surface area (Å²) in [5.74, 6) is 0. The molecule has 0 amide bonds. The Bertz CT molecular complexity index is 319. The van der Waals surface area contributed by atoms with Gasteiger partial charge in [0.05, 0.1) is 13.2 Å². The summed E-state index contributed by atoms with van der Waals surface area (Å²) in [6.07, 6.45) is 0.812. The van der Waals surface area contributed by atoms with E-state index in [1.807, 2.05) is 5.38 Å². The highest BCUT2D eigenvalue weighted by atomic mass is 35.5. The van der Waals surface area contributed by atoms with Crippen molar-refractivity contribution in [2.24, 2.45) is 0 Å². The minimum Gasteiger partial charge on any atom is -0.376 e. The second-order valence-corrected chi connectivity index (χ2v) is 3.93. The van der Waals surface area contributed by atoms with Crippen molar-refractivity contribution < 1.29 is 9.53 Å². The van der Waals surface area contributed by atoms with Gasteiger partial charge >= 0.3 is 0 Å². The molecule has 1 aliphatic rings. The monoisotopic (exact) mass is 202 g/mol. The molecule has 0 fully saturated rings. The second-order valence-electron chi connectivity index (χ2n) is 2.63. The van der Waals surface area contributed by atoms with Gasteiger partial charge in [-0.1, -0.05) is 0 Å². The highest BCUT2D eigenvalue weighted by Gasteiger charge is 2.18. The summed E-state index contributed by atoms with van der Waals surface area (Å²) in [6.45, 7) is 1.32. The average molecular weight is 203 g/mol. The molecule has 0 aromatic carbocycles. The summed E-state index contributed by atoms with van der Waals surface area (Å²) < 4.78 is 5.25. The number of carbonyl (C=O) groups is 1. The molecule has 2 rings (SSSR count). The maximum absolute atomic E-state index is 10.9. The van der Waals surface area contributed by atoms with Crippen LogP contribution in [-0.4, -0.2) is 11.8 Å². The molecule has 64 valence electrons. The Morgan fingerprint density at radius 1 is 1.67 bits per heavy atom. The summed E-state index contributed by atoms with van der Waals surface area (Å²) in [5.41, 5.74) is 1.76. The van der Waals surface area contributed by atoms with Gasteiger partial charge in [-0.3, -0.25) is 4.79 Å². The van der Waals surface area contributed by atoms with Gasteiger partial charge in [-0.25, -0.2) is 0 Å². The molecule has 0 radical (unpaired) electrons. The second kappa shape index (κ2) is 3.17. The van der Waals surface area contributed by atoms with Gasteiger partial charge < -0.3 is 4.74 Å². The van der Waals surface area contributed by atoms with Gasteiger partial charge in [-0.05, 0) is 23.6 Å². The molecule has 0 N–H and O–H groups in total. The standard InChI is InChI=1S/C8H7ClO2S/c9-8(10)6-4-12-7-3-11-2-1-5(6)7/h4H,1-3H2. The first-order chi connectivity index (χ1) is 5.79. The number of rotatable bonds is 1. The molecule has 1 aromatic rings. The third-order valence-electron chi connectivity index (χ3n) is 1.92. The van der Waals surface area contributed by atoms with Crippen LogP contribution in [0.1, 0.15) is 20.8 Å². The summed E-state index contributed by atoms with van der Waals surface area (Å²) in [7, 11) is 0. The zero-order valence-electron chi connectivity index (χ0n) is 6.30. The Labute approximate surface area is 79.1 Å². The molecule has 2 heterocycles. The predicted molar refractivity (Wildman–Crippen MR) is 47.9 cm³/mol. The highest BCUT2D eigenvalue weighted by Crippen LogP contribution is 2.28. The van der Waals surface area contributed by atoms with Crippen molar-refractivity contribution in [2.45, 2.75) is 13.0 Å². The number of hydrogen-bond acceptors (Lipinski definition) is 3. The summed E-state index contributed by atoms with van der Waals surface area (Å²) in [5, 5.41) is 1.46. The number of carbonyl (C=O) groups excluding carboxylic acids is 1. The third kappa shape index (κ3) is 1.28. The minimum absolute atomic E-state index is 0.352. The lowest BCUT2D eigenvalue weighted by molar-refractivity contribution is 0.106. The number of ether oxygens (including phenoxy) is 1. The van der Waals surface area contributed by atoms with E-state index in [1.54, 1.807) is 11.3 Å². The van der Waals surface area contributed by atoms with Gasteiger partial charge in [-0.2, -0.15) is 0 Å². The molecule has 0 bridgehead atoms. The maximum atomic E-state index is 10.9. The summed E-state index contributed by atoms with van der Waals surface area (Å²) >= 11 is 6.96. The van der Waals surface area contributed by atoms with E-state index in [0.29, 0.717) is 18.8 Å². The van der Waals surface area contributed by atoms with Gasteiger partial charge in [-0.15, -0.1) is 11.3 Å². The van der Waals surface area contributed by atoms with Crippen molar-refractivity contribution in [3.8, 4) is 0 Å². The third-order valence-corrected chi connectivity index (χ3v) is 3.13. The molecular weight excluding hydrogens is 196 g/mol. The lowest BCUT2D eigenvalue weighted by Gasteiger charge is -2.12. The zero-order valence-corrected chi connectivity index (χ0v) is 7.87. The lowest BCUT2D eigenvalue weighted by atomic mass is 10.1. The van der Waals surface area contributed by atoms with E-state index in [-0.39, 0.29) is 5.24 Å². The average Bonchev–Trinajstić information content (AvgIpc) is 2.47. The van der Waals surface area contributed by atoms with Crippen LogP contribution in [0.3, 0.4) is 0 Å². The van der Waals surface area contributed by atoms with E-state index in [9.17, 15) is 4.79 Å². The van der Waals surface area contributed by atoms with Gasteiger partial charge in [0.15, 0.2) is 0 Å². The van der Waals surface area contributed by atoms with Crippen molar-refractivity contribution in [2.75, 3.05) is 6.61 Å². The fourth-order valence-corrected chi connectivity index (χ4v) is 2.57. The summed E-state index contributed by atoms with van der Waals surface area (Å²) in [6, 6.07) is 0. The fourth-order valence-electron chi connectivity index (χ4n) is 1.32. The van der Waals surface area contributed by atoms with Crippen LogP contribution in [0.2, 0.25) is 0 Å². The zero-order chi connectivity index (χ0) is 8.55. The predicted octanol–water partition coefficient (Wildman–Crippen LogP) is 2.20. The van der Waals surface area contributed by atoms with Gasteiger partial charge in [0.25, 0.3) is 5.24 Å². The Morgan fingerprint density at radius 3 is 3.25 bits per heavy atom. The molecule has 0 saturated heterocycles. The van der Waals surface area contributed by atoms with Crippen LogP contribution in [-0.2, 0) is 17.8 Å². The van der Waals surface area contributed by atoms with E-state index in [2.05, 4.69) is 0 Å². The van der Waals surface area contributed by atoms with Crippen LogP contribution < -0.4 is 0 Å². The van der Waals surface area contributed by atoms with E-state index < -0.39 is 0 Å². The topological polar surface area (TPSA) is 26.3 Å². The van der Waals surface area contributed by atoms with Crippen LogP contribution in [0, 0.1) is 0 Å². The molecule has 0 unspecified atom stereocenters. The molecule has 0 aliphatic carbocycles. The number of thiophene rings is 1. The maximum Gasteiger partial charge on any atom is 0.253 e. The first kappa shape index (κ1) is 8.23. The molecule has 0 spiro atoms. The van der Waals surface area contributed by atoms with E-state index in [1.165, 1.54) is 0 Å². The minimum atomic E-state index is -0.352. The Balaban J connectivity index is 2.44. The number of hydrogen-bond donors (Lipinski definition) is 0. The van der Waals surface area contributed by atoms with Crippen LogP contribution in [0.15, 0.2) is 5.38 Å². The first-order valence-corrected chi connectivity index (χ1v) is 4.91. The van der Waals surface area contributed by atoms with Crippen molar-refractivity contribution in [1.82, 2.24) is 0 Å². The fraction of sp³-hybridized carbons (Fsp3) is 0.375. The van der Waals surface area contributed by atoms with Crippen molar-refractivity contribution in [1.29, 1.82) is 0 Å². The lowest BCUT2D eigenvalue weighted by Crippen LogP contribution is -2.09.